The number of carbonyl (C=O) groups is 2. The Bertz CT molecular complexity index is 707. The molecule has 6 nitrogen and oxygen atoms in total. The summed E-state index contributed by atoms with van der Waals surface area (Å²) in [6, 6.07) is 6.96. The van der Waals surface area contributed by atoms with Crippen LogP contribution in [0, 0.1) is 0 Å². The largest absolute Gasteiger partial charge is 0.323 e. The van der Waals surface area contributed by atoms with E-state index in [1.165, 1.54) is 10.8 Å². The van der Waals surface area contributed by atoms with Crippen molar-refractivity contribution in [3.63, 3.8) is 0 Å². The first kappa shape index (κ1) is 15.8. The van der Waals surface area contributed by atoms with Gasteiger partial charge in [0.15, 0.2) is 5.82 Å². The fourth-order valence-corrected chi connectivity index (χ4v) is 2.03. The van der Waals surface area contributed by atoms with E-state index in [0.29, 0.717) is 16.5 Å². The summed E-state index contributed by atoms with van der Waals surface area (Å²) in [6.45, 7) is 3.38. The van der Waals surface area contributed by atoms with Crippen LogP contribution in [0.4, 0.5) is 11.5 Å². The third-order valence-corrected chi connectivity index (χ3v) is 3.09. The van der Waals surface area contributed by atoms with Crippen LogP contribution in [0.1, 0.15) is 5.56 Å². The van der Waals surface area contributed by atoms with Gasteiger partial charge >= 0.3 is 0 Å². The van der Waals surface area contributed by atoms with E-state index in [4.69, 9.17) is 11.6 Å². The first-order valence-corrected chi connectivity index (χ1v) is 6.87. The van der Waals surface area contributed by atoms with E-state index < -0.39 is 0 Å². The highest BCUT2D eigenvalue weighted by Gasteiger charge is 2.10. The van der Waals surface area contributed by atoms with Gasteiger partial charge in [-0.3, -0.25) is 14.3 Å². The zero-order chi connectivity index (χ0) is 16.1. The van der Waals surface area contributed by atoms with E-state index in [1.807, 2.05) is 0 Å². The van der Waals surface area contributed by atoms with Gasteiger partial charge in [0.25, 0.3) is 0 Å². The maximum atomic E-state index is 12.0. The molecule has 0 saturated carbocycles. The summed E-state index contributed by atoms with van der Waals surface area (Å²) in [7, 11) is 1.72. The van der Waals surface area contributed by atoms with E-state index in [-0.39, 0.29) is 18.2 Å². The molecule has 0 spiro atoms. The predicted octanol–water partition coefficient (Wildman–Crippen LogP) is 2.38. The number of nitrogens with one attached hydrogen (secondary N) is 2. The molecule has 0 radical (unpaired) electrons. The Hall–Kier alpha value is -2.60. The van der Waals surface area contributed by atoms with E-state index in [9.17, 15) is 9.59 Å². The molecule has 1 heterocycles. The molecule has 2 amide bonds. The van der Waals surface area contributed by atoms with Crippen molar-refractivity contribution in [3.8, 4) is 0 Å². The standard InChI is InChI=1S/C15H15ClN4O2/c1-3-13(21)17-11-6-4-10(5-7-11)8-14(22)18-15-12(16)9-20(2)19-15/h3-7,9H,1,8H2,2H3,(H,17,21)(H,18,19,22). The van der Waals surface area contributed by atoms with Crippen molar-refractivity contribution in [3.05, 3.63) is 53.7 Å². The molecular weight excluding hydrogens is 304 g/mol. The van der Waals surface area contributed by atoms with Gasteiger partial charge in [0.2, 0.25) is 11.8 Å². The molecule has 0 aliphatic rings. The normalized spacial score (nSPS) is 10.1. The third-order valence-electron chi connectivity index (χ3n) is 2.81. The minimum absolute atomic E-state index is 0.183. The molecule has 2 N–H and O–H groups in total. The average molecular weight is 319 g/mol. The number of amides is 2. The number of anilines is 2. The van der Waals surface area contributed by atoms with Crippen molar-refractivity contribution in [1.29, 1.82) is 0 Å². The Labute approximate surface area is 132 Å². The first-order valence-electron chi connectivity index (χ1n) is 6.49. The number of benzene rings is 1. The summed E-state index contributed by atoms with van der Waals surface area (Å²) in [5.74, 6) is -0.164. The van der Waals surface area contributed by atoms with Gasteiger partial charge in [-0.25, -0.2) is 0 Å². The van der Waals surface area contributed by atoms with Crippen molar-refractivity contribution < 1.29 is 9.59 Å². The minimum Gasteiger partial charge on any atom is -0.323 e. The van der Waals surface area contributed by atoms with Gasteiger partial charge in [0, 0.05) is 18.9 Å². The SMILES string of the molecule is C=CC(=O)Nc1ccc(CC(=O)Nc2nn(C)cc2Cl)cc1. The minimum atomic E-state index is -0.282. The highest BCUT2D eigenvalue weighted by Crippen LogP contribution is 2.19. The lowest BCUT2D eigenvalue weighted by Crippen LogP contribution is -2.15. The lowest BCUT2D eigenvalue weighted by Gasteiger charge is -2.05. The fourth-order valence-electron chi connectivity index (χ4n) is 1.81. The molecule has 0 aliphatic heterocycles. The summed E-state index contributed by atoms with van der Waals surface area (Å²) in [6.07, 6.45) is 2.98. The van der Waals surface area contributed by atoms with Crippen molar-refractivity contribution in [2.45, 2.75) is 6.42 Å². The Morgan fingerprint density at radius 1 is 1.32 bits per heavy atom. The smallest absolute Gasteiger partial charge is 0.247 e. The summed E-state index contributed by atoms with van der Waals surface area (Å²) >= 11 is 5.93. The number of aryl methyl sites for hydroxylation is 1. The first-order chi connectivity index (χ1) is 10.5. The molecule has 114 valence electrons. The summed E-state index contributed by atoms with van der Waals surface area (Å²) in [5, 5.41) is 9.72. The molecule has 7 heteroatoms. The fraction of sp³-hybridized carbons (Fsp3) is 0.133. The van der Waals surface area contributed by atoms with Crippen LogP contribution in [0.2, 0.25) is 5.02 Å². The Morgan fingerprint density at radius 2 is 2.00 bits per heavy atom. The summed E-state index contributed by atoms with van der Waals surface area (Å²) in [5.41, 5.74) is 1.45. The number of hydrogen-bond donors (Lipinski definition) is 2. The van der Waals surface area contributed by atoms with Gasteiger partial charge < -0.3 is 10.6 Å². The quantitative estimate of drug-likeness (QED) is 0.831. The zero-order valence-electron chi connectivity index (χ0n) is 12.0. The Morgan fingerprint density at radius 3 is 2.55 bits per heavy atom. The summed E-state index contributed by atoms with van der Waals surface area (Å²) < 4.78 is 1.52. The van der Waals surface area contributed by atoms with Gasteiger partial charge in [-0.2, -0.15) is 5.10 Å². The lowest BCUT2D eigenvalue weighted by atomic mass is 10.1. The topological polar surface area (TPSA) is 76.0 Å². The molecule has 0 unspecified atom stereocenters. The van der Waals surface area contributed by atoms with Crippen LogP contribution in [-0.2, 0) is 23.1 Å². The number of nitrogens with zero attached hydrogens (tertiary/aromatic N) is 2. The highest BCUT2D eigenvalue weighted by atomic mass is 35.5. The van der Waals surface area contributed by atoms with Crippen LogP contribution in [0.15, 0.2) is 43.1 Å². The van der Waals surface area contributed by atoms with Crippen LogP contribution >= 0.6 is 11.6 Å². The molecule has 0 saturated heterocycles. The predicted molar refractivity (Wildman–Crippen MR) is 85.8 cm³/mol. The average Bonchev–Trinajstić information content (AvgIpc) is 2.78. The number of hydrogen-bond acceptors (Lipinski definition) is 3. The monoisotopic (exact) mass is 318 g/mol. The van der Waals surface area contributed by atoms with Crippen molar-refractivity contribution >= 4 is 34.9 Å². The molecule has 2 rings (SSSR count). The second kappa shape index (κ2) is 6.91. The van der Waals surface area contributed by atoms with Gasteiger partial charge in [-0.15, -0.1) is 0 Å². The molecule has 0 bridgehead atoms. The van der Waals surface area contributed by atoms with E-state index in [2.05, 4.69) is 22.3 Å². The second-order valence-electron chi connectivity index (χ2n) is 4.61. The van der Waals surface area contributed by atoms with Crippen LogP contribution in [-0.4, -0.2) is 21.6 Å². The number of carbonyl (C=O) groups excluding carboxylic acids is 2. The molecule has 0 aliphatic carbocycles. The number of halogens is 1. The van der Waals surface area contributed by atoms with Crippen LogP contribution < -0.4 is 10.6 Å². The second-order valence-corrected chi connectivity index (χ2v) is 5.02. The lowest BCUT2D eigenvalue weighted by molar-refractivity contribution is -0.115. The molecule has 22 heavy (non-hydrogen) atoms. The summed E-state index contributed by atoms with van der Waals surface area (Å²) in [4.78, 5) is 23.1. The van der Waals surface area contributed by atoms with Gasteiger partial charge in [-0.1, -0.05) is 30.3 Å². The van der Waals surface area contributed by atoms with Crippen LogP contribution in [0.5, 0.6) is 0 Å². The van der Waals surface area contributed by atoms with Crippen LogP contribution in [0.3, 0.4) is 0 Å². The number of rotatable bonds is 5. The molecule has 0 atom stereocenters. The van der Waals surface area contributed by atoms with Gasteiger partial charge in [0.05, 0.1) is 6.42 Å². The molecule has 1 aromatic heterocycles. The highest BCUT2D eigenvalue weighted by molar-refractivity contribution is 6.33. The van der Waals surface area contributed by atoms with Crippen molar-refractivity contribution in [2.75, 3.05) is 10.6 Å². The number of aromatic nitrogens is 2. The third kappa shape index (κ3) is 4.20. The van der Waals surface area contributed by atoms with Crippen molar-refractivity contribution in [2.24, 2.45) is 7.05 Å². The van der Waals surface area contributed by atoms with E-state index >= 15 is 0 Å². The van der Waals surface area contributed by atoms with E-state index in [1.54, 1.807) is 37.5 Å². The molecule has 1 aromatic carbocycles. The molecular formula is C15H15ClN4O2. The Kier molecular flexibility index (Phi) is 4.95. The van der Waals surface area contributed by atoms with Crippen molar-refractivity contribution in [1.82, 2.24) is 9.78 Å². The molecule has 2 aromatic rings. The molecule has 0 fully saturated rings. The van der Waals surface area contributed by atoms with Crippen LogP contribution in [0.25, 0.3) is 0 Å². The van der Waals surface area contributed by atoms with Gasteiger partial charge in [0.1, 0.15) is 5.02 Å². The Balaban J connectivity index is 1.95. The maximum absolute atomic E-state index is 12.0. The zero-order valence-corrected chi connectivity index (χ0v) is 12.7. The van der Waals surface area contributed by atoms with Gasteiger partial charge in [-0.05, 0) is 23.8 Å². The maximum Gasteiger partial charge on any atom is 0.247 e. The van der Waals surface area contributed by atoms with E-state index in [0.717, 1.165) is 5.56 Å².